The van der Waals surface area contributed by atoms with Gasteiger partial charge in [0.25, 0.3) is 0 Å². The first-order valence-electron chi connectivity index (χ1n) is 6.67. The number of rotatable bonds is 5. The van der Waals surface area contributed by atoms with Crippen LogP contribution in [0, 0.1) is 6.61 Å². The molecule has 5 atom stereocenters. The fourth-order valence-corrected chi connectivity index (χ4v) is 2.70. The summed E-state index contributed by atoms with van der Waals surface area (Å²) >= 11 is 0. The van der Waals surface area contributed by atoms with Crippen LogP contribution in [0.1, 0.15) is 27.7 Å². The Bertz CT molecular complexity index is 571. The summed E-state index contributed by atoms with van der Waals surface area (Å²) in [7, 11) is 0. The number of hydrogen-bond acceptors (Lipinski definition) is 9. The number of hydrogen-bond donors (Lipinski definition) is 4. The minimum Gasteiger partial charge on any atom is -0.382 e. The summed E-state index contributed by atoms with van der Waals surface area (Å²) in [5.41, 5.74) is -9.64. The lowest BCUT2D eigenvalue weighted by Crippen LogP contribution is -2.83. The maximum atomic E-state index is 12.0. The molecule has 1 aliphatic rings. The van der Waals surface area contributed by atoms with Gasteiger partial charge in [-0.05, 0) is 27.7 Å². The van der Waals surface area contributed by atoms with Crippen molar-refractivity contribution in [3.63, 3.8) is 0 Å². The lowest BCUT2D eigenvalue weighted by atomic mass is 9.61. The van der Waals surface area contributed by atoms with Crippen molar-refractivity contribution in [3.8, 4) is 0 Å². The van der Waals surface area contributed by atoms with Gasteiger partial charge in [-0.15, -0.1) is 0 Å². The molecule has 0 aromatic carbocycles. The molecule has 1 rings (SSSR count). The number of Topliss-reactive ketones (excluding diaryl/α,β-unsaturated/α-hetero) is 4. The highest BCUT2D eigenvalue weighted by Gasteiger charge is 2.76. The van der Waals surface area contributed by atoms with Gasteiger partial charge < -0.3 is 25.2 Å². The predicted molar refractivity (Wildman–Crippen MR) is 72.8 cm³/mol. The van der Waals surface area contributed by atoms with Crippen LogP contribution in [0.4, 0.5) is 0 Å². The van der Waals surface area contributed by atoms with E-state index in [-0.39, 0.29) is 0 Å². The zero-order valence-corrected chi connectivity index (χ0v) is 13.1. The molecule has 1 saturated heterocycles. The number of aliphatic hydroxyl groups is 4. The third-order valence-electron chi connectivity index (χ3n) is 4.19. The normalized spacial score (nSPS) is 38.7. The maximum Gasteiger partial charge on any atom is 0.199 e. The highest BCUT2D eigenvalue weighted by atomic mass is 16.6. The number of carbonyl (C=O) groups is 4. The van der Waals surface area contributed by atoms with Gasteiger partial charge in [0.2, 0.25) is 0 Å². The van der Waals surface area contributed by atoms with Crippen molar-refractivity contribution in [1.82, 2.24) is 0 Å². The van der Waals surface area contributed by atoms with Crippen molar-refractivity contribution < 1.29 is 44.3 Å². The van der Waals surface area contributed by atoms with Crippen LogP contribution in [-0.4, -0.2) is 72.6 Å². The molecule has 1 heterocycles. The second-order valence-electron chi connectivity index (χ2n) is 5.64. The minimum atomic E-state index is -3.35. The van der Waals surface area contributed by atoms with Gasteiger partial charge in [0.1, 0.15) is 18.8 Å². The molecule has 129 valence electrons. The Morgan fingerprint density at radius 3 is 1.74 bits per heavy atom. The standard InChI is InChI=1S/C14H19O9/c1-6(15)10(19)11-13(21,8(3)17)14(22,9(4)18)12(20,5-23-11)7(2)16/h5,10-11,19-22H,1-4H3/t10?,11-,12-,13-,14-/m1/s1. The molecule has 1 fully saturated rings. The molecule has 0 amide bonds. The second kappa shape index (κ2) is 5.84. The fourth-order valence-electron chi connectivity index (χ4n) is 2.70. The van der Waals surface area contributed by atoms with Crippen LogP contribution in [0.3, 0.4) is 0 Å². The molecule has 0 aromatic heterocycles. The van der Waals surface area contributed by atoms with Gasteiger partial charge in [0, 0.05) is 0 Å². The van der Waals surface area contributed by atoms with E-state index in [1.54, 1.807) is 0 Å². The quantitative estimate of drug-likeness (QED) is 0.425. The zero-order valence-electron chi connectivity index (χ0n) is 13.1. The van der Waals surface area contributed by atoms with E-state index < -0.39 is 52.1 Å². The molecule has 23 heavy (non-hydrogen) atoms. The molecule has 0 bridgehead atoms. The van der Waals surface area contributed by atoms with E-state index in [4.69, 9.17) is 4.74 Å². The van der Waals surface area contributed by atoms with Crippen molar-refractivity contribution in [3.05, 3.63) is 6.61 Å². The van der Waals surface area contributed by atoms with E-state index in [1.165, 1.54) is 0 Å². The summed E-state index contributed by atoms with van der Waals surface area (Å²) in [6, 6.07) is 0. The Morgan fingerprint density at radius 2 is 1.43 bits per heavy atom. The Hall–Kier alpha value is -1.52. The molecule has 0 spiro atoms. The van der Waals surface area contributed by atoms with Crippen LogP contribution in [0.2, 0.25) is 0 Å². The fraction of sp³-hybridized carbons (Fsp3) is 0.643. The molecule has 1 aliphatic heterocycles. The lowest BCUT2D eigenvalue weighted by Gasteiger charge is -2.55. The van der Waals surface area contributed by atoms with Crippen molar-refractivity contribution in [1.29, 1.82) is 0 Å². The largest absolute Gasteiger partial charge is 0.382 e. The molecule has 0 aromatic rings. The molecule has 9 heteroatoms. The summed E-state index contributed by atoms with van der Waals surface area (Å²) in [6.45, 7) is 3.55. The number of aliphatic hydroxyl groups excluding tert-OH is 1. The first kappa shape index (κ1) is 19.5. The van der Waals surface area contributed by atoms with E-state index >= 15 is 0 Å². The molecule has 1 unspecified atom stereocenters. The van der Waals surface area contributed by atoms with Gasteiger partial charge in [-0.1, -0.05) is 0 Å². The average molecular weight is 331 g/mol. The number of ketones is 4. The van der Waals surface area contributed by atoms with Crippen LogP contribution in [0.5, 0.6) is 0 Å². The monoisotopic (exact) mass is 331 g/mol. The van der Waals surface area contributed by atoms with Crippen molar-refractivity contribution in [2.75, 3.05) is 0 Å². The SMILES string of the molecule is CC(=O)C(O)[C@H]1O[CH][C@@](O)(C(C)=O)[C@](O)(C(C)=O)[C@@]1(O)C(C)=O. The first-order valence-corrected chi connectivity index (χ1v) is 6.67. The Labute approximate surface area is 131 Å². The van der Waals surface area contributed by atoms with Crippen LogP contribution in [0.15, 0.2) is 0 Å². The van der Waals surface area contributed by atoms with E-state index in [0.717, 1.165) is 27.7 Å². The molecule has 1 radical (unpaired) electrons. The van der Waals surface area contributed by atoms with Gasteiger partial charge in [-0.3, -0.25) is 19.2 Å². The van der Waals surface area contributed by atoms with Crippen LogP contribution >= 0.6 is 0 Å². The van der Waals surface area contributed by atoms with E-state index in [1.807, 2.05) is 0 Å². The summed E-state index contributed by atoms with van der Waals surface area (Å²) in [5.74, 6) is -4.73. The molecule has 0 aliphatic carbocycles. The first-order chi connectivity index (χ1) is 10.3. The van der Waals surface area contributed by atoms with Crippen molar-refractivity contribution >= 4 is 23.1 Å². The van der Waals surface area contributed by atoms with Gasteiger partial charge in [-0.25, -0.2) is 0 Å². The van der Waals surface area contributed by atoms with Crippen molar-refractivity contribution in [2.45, 2.75) is 56.7 Å². The maximum absolute atomic E-state index is 12.0. The highest BCUT2D eigenvalue weighted by Crippen LogP contribution is 2.46. The third-order valence-corrected chi connectivity index (χ3v) is 4.19. The topological polar surface area (TPSA) is 158 Å². The summed E-state index contributed by atoms with van der Waals surface area (Å²) < 4.78 is 4.85. The van der Waals surface area contributed by atoms with Gasteiger partial charge in [-0.2, -0.15) is 0 Å². The summed E-state index contributed by atoms with van der Waals surface area (Å²) in [4.78, 5) is 47.1. The van der Waals surface area contributed by atoms with Gasteiger partial charge >= 0.3 is 0 Å². The molecular formula is C14H19O9. The van der Waals surface area contributed by atoms with E-state index in [9.17, 15) is 39.6 Å². The number of carbonyl (C=O) groups excluding carboxylic acids is 4. The van der Waals surface area contributed by atoms with E-state index in [0.29, 0.717) is 6.61 Å². The van der Waals surface area contributed by atoms with E-state index in [2.05, 4.69) is 0 Å². The van der Waals surface area contributed by atoms with Crippen LogP contribution in [-0.2, 0) is 23.9 Å². The summed E-state index contributed by atoms with van der Waals surface area (Å²) in [5, 5.41) is 41.7. The lowest BCUT2D eigenvalue weighted by molar-refractivity contribution is -0.287. The molecule has 4 N–H and O–H groups in total. The summed E-state index contributed by atoms with van der Waals surface area (Å²) in [6.07, 6.45) is -4.19. The third kappa shape index (κ3) is 2.36. The highest BCUT2D eigenvalue weighted by molar-refractivity contribution is 6.06. The zero-order chi connectivity index (χ0) is 18.4. The molecular weight excluding hydrogens is 312 g/mol. The molecule has 0 saturated carbocycles. The number of ether oxygens (including phenoxy) is 1. The van der Waals surface area contributed by atoms with Gasteiger partial charge in [0.05, 0.1) is 0 Å². The van der Waals surface area contributed by atoms with Crippen LogP contribution < -0.4 is 0 Å². The van der Waals surface area contributed by atoms with Crippen molar-refractivity contribution in [2.24, 2.45) is 0 Å². The Balaban J connectivity index is 3.74. The second-order valence-corrected chi connectivity index (χ2v) is 5.64. The van der Waals surface area contributed by atoms with Gasteiger partial charge in [0.15, 0.2) is 39.9 Å². The smallest absolute Gasteiger partial charge is 0.199 e. The average Bonchev–Trinajstić information content (AvgIpc) is 2.43. The minimum absolute atomic E-state index is 0.338. The van der Waals surface area contributed by atoms with Crippen LogP contribution in [0.25, 0.3) is 0 Å². The Kier molecular flexibility index (Phi) is 4.96. The Morgan fingerprint density at radius 1 is 0.957 bits per heavy atom. The molecule has 9 nitrogen and oxygen atoms in total. The predicted octanol–water partition coefficient (Wildman–Crippen LogP) is -2.54.